The van der Waals surface area contributed by atoms with Gasteiger partial charge in [-0.2, -0.15) is 5.10 Å². The average molecular weight is 293 g/mol. The summed E-state index contributed by atoms with van der Waals surface area (Å²) in [6, 6.07) is 8.22. The average Bonchev–Trinajstić information content (AvgIpc) is 2.72. The lowest BCUT2D eigenvalue weighted by Crippen LogP contribution is -2.13. The summed E-state index contributed by atoms with van der Waals surface area (Å²) in [6.45, 7) is 5.49. The number of anilines is 2. The van der Waals surface area contributed by atoms with Gasteiger partial charge in [-0.1, -0.05) is 23.7 Å². The van der Waals surface area contributed by atoms with Gasteiger partial charge in [-0.25, -0.2) is 0 Å². The highest BCUT2D eigenvalue weighted by Crippen LogP contribution is 2.26. The first-order valence-corrected chi connectivity index (χ1v) is 7.14. The molecule has 108 valence electrons. The first kappa shape index (κ1) is 14.7. The summed E-state index contributed by atoms with van der Waals surface area (Å²) in [5.41, 5.74) is 4.16. The molecular formula is C15H21ClN4. The second kappa shape index (κ2) is 6.18. The van der Waals surface area contributed by atoms with Gasteiger partial charge in [0.25, 0.3) is 0 Å². The summed E-state index contributed by atoms with van der Waals surface area (Å²) in [4.78, 5) is 2.09. The maximum absolute atomic E-state index is 6.33. The third-order valence-electron chi connectivity index (χ3n) is 3.28. The van der Waals surface area contributed by atoms with Gasteiger partial charge in [0.05, 0.1) is 34.3 Å². The maximum atomic E-state index is 6.33. The van der Waals surface area contributed by atoms with E-state index in [1.54, 1.807) is 0 Å². The number of nitrogens with zero attached hydrogens (tertiary/aromatic N) is 3. The van der Waals surface area contributed by atoms with Crippen LogP contribution in [0.25, 0.3) is 0 Å². The van der Waals surface area contributed by atoms with Crippen molar-refractivity contribution in [3.63, 3.8) is 0 Å². The molecule has 1 N–H and O–H groups in total. The van der Waals surface area contributed by atoms with Gasteiger partial charge < -0.3 is 10.2 Å². The van der Waals surface area contributed by atoms with E-state index in [-0.39, 0.29) is 0 Å². The van der Waals surface area contributed by atoms with Crippen LogP contribution in [0.1, 0.15) is 18.3 Å². The van der Waals surface area contributed by atoms with Crippen molar-refractivity contribution in [2.45, 2.75) is 26.9 Å². The van der Waals surface area contributed by atoms with Gasteiger partial charge in [0.1, 0.15) is 0 Å². The van der Waals surface area contributed by atoms with Gasteiger partial charge in [-0.15, -0.1) is 0 Å². The Balaban J connectivity index is 2.21. The molecule has 0 unspecified atom stereocenters. The zero-order valence-corrected chi connectivity index (χ0v) is 13.2. The molecule has 20 heavy (non-hydrogen) atoms. The normalized spacial score (nSPS) is 10.7. The van der Waals surface area contributed by atoms with Crippen LogP contribution in [-0.4, -0.2) is 23.9 Å². The molecule has 0 aliphatic rings. The fourth-order valence-corrected chi connectivity index (χ4v) is 2.43. The molecule has 0 saturated heterocycles. The summed E-state index contributed by atoms with van der Waals surface area (Å²) in [5.74, 6) is 0. The van der Waals surface area contributed by atoms with Gasteiger partial charge in [-0.3, -0.25) is 4.68 Å². The van der Waals surface area contributed by atoms with E-state index in [1.165, 1.54) is 0 Å². The first-order chi connectivity index (χ1) is 9.54. The van der Waals surface area contributed by atoms with Crippen LogP contribution in [0, 0.1) is 6.92 Å². The number of hydrogen-bond acceptors (Lipinski definition) is 3. The SMILES string of the molecule is CCn1nc(C)c(Cl)c1CNc1ccccc1N(C)C. The summed E-state index contributed by atoms with van der Waals surface area (Å²) in [5, 5.41) is 8.64. The summed E-state index contributed by atoms with van der Waals surface area (Å²) < 4.78 is 1.95. The molecule has 4 nitrogen and oxygen atoms in total. The number of aromatic nitrogens is 2. The Morgan fingerprint density at radius 3 is 2.65 bits per heavy atom. The predicted octanol–water partition coefficient (Wildman–Crippen LogP) is 3.54. The Morgan fingerprint density at radius 2 is 2.00 bits per heavy atom. The van der Waals surface area contributed by atoms with Gasteiger partial charge >= 0.3 is 0 Å². The Morgan fingerprint density at radius 1 is 1.30 bits per heavy atom. The first-order valence-electron chi connectivity index (χ1n) is 6.76. The predicted molar refractivity (Wildman–Crippen MR) is 85.7 cm³/mol. The monoisotopic (exact) mass is 292 g/mol. The lowest BCUT2D eigenvalue weighted by Gasteiger charge is -2.18. The van der Waals surface area contributed by atoms with E-state index in [0.717, 1.165) is 34.3 Å². The van der Waals surface area contributed by atoms with E-state index in [9.17, 15) is 0 Å². The molecule has 0 spiro atoms. The standard InChI is InChI=1S/C15H21ClN4/c1-5-20-14(15(16)11(2)18-20)10-17-12-8-6-7-9-13(12)19(3)4/h6-9,17H,5,10H2,1-4H3. The van der Waals surface area contributed by atoms with Gasteiger partial charge in [-0.05, 0) is 26.0 Å². The molecule has 0 aliphatic heterocycles. The van der Waals surface area contributed by atoms with E-state index in [2.05, 4.69) is 34.4 Å². The van der Waals surface area contributed by atoms with E-state index < -0.39 is 0 Å². The maximum Gasteiger partial charge on any atom is 0.0865 e. The van der Waals surface area contributed by atoms with Crippen LogP contribution in [0.2, 0.25) is 5.02 Å². The Hall–Kier alpha value is -1.68. The molecule has 1 aromatic carbocycles. The minimum atomic E-state index is 0.665. The van der Waals surface area contributed by atoms with Crippen LogP contribution in [0.4, 0.5) is 11.4 Å². The number of nitrogens with one attached hydrogen (secondary N) is 1. The number of halogens is 1. The quantitative estimate of drug-likeness (QED) is 0.915. The van der Waals surface area contributed by atoms with Gasteiger partial charge in [0.2, 0.25) is 0 Å². The van der Waals surface area contributed by atoms with Crippen LogP contribution >= 0.6 is 11.6 Å². The Labute approximate surface area is 125 Å². The minimum absolute atomic E-state index is 0.665. The molecule has 2 aromatic rings. The van der Waals surface area contributed by atoms with Crippen molar-refractivity contribution in [1.29, 1.82) is 0 Å². The highest BCUT2D eigenvalue weighted by Gasteiger charge is 2.12. The molecule has 1 aromatic heterocycles. The third-order valence-corrected chi connectivity index (χ3v) is 3.78. The molecular weight excluding hydrogens is 272 g/mol. The van der Waals surface area contributed by atoms with Crippen molar-refractivity contribution in [2.75, 3.05) is 24.3 Å². The minimum Gasteiger partial charge on any atom is -0.378 e. The molecule has 0 radical (unpaired) electrons. The van der Waals surface area contributed by atoms with Crippen molar-refractivity contribution >= 4 is 23.0 Å². The second-order valence-electron chi connectivity index (χ2n) is 4.93. The van der Waals surface area contributed by atoms with E-state index >= 15 is 0 Å². The number of para-hydroxylation sites is 2. The fraction of sp³-hybridized carbons (Fsp3) is 0.400. The Kier molecular flexibility index (Phi) is 4.55. The smallest absolute Gasteiger partial charge is 0.0865 e. The van der Waals surface area contributed by atoms with E-state index in [1.807, 2.05) is 37.8 Å². The molecule has 0 atom stereocenters. The number of hydrogen-bond donors (Lipinski definition) is 1. The molecule has 1 heterocycles. The highest BCUT2D eigenvalue weighted by atomic mass is 35.5. The van der Waals surface area contributed by atoms with Crippen LogP contribution in [0.3, 0.4) is 0 Å². The largest absolute Gasteiger partial charge is 0.378 e. The lowest BCUT2D eigenvalue weighted by atomic mass is 10.2. The van der Waals surface area contributed by atoms with Crippen LogP contribution in [0.5, 0.6) is 0 Å². The van der Waals surface area contributed by atoms with Crippen LogP contribution < -0.4 is 10.2 Å². The molecule has 5 heteroatoms. The summed E-state index contributed by atoms with van der Waals surface area (Å²) in [6.07, 6.45) is 0. The number of aryl methyl sites for hydroxylation is 2. The number of rotatable bonds is 5. The second-order valence-corrected chi connectivity index (χ2v) is 5.30. The highest BCUT2D eigenvalue weighted by molar-refractivity contribution is 6.31. The number of benzene rings is 1. The molecule has 0 aliphatic carbocycles. The Bertz CT molecular complexity index is 590. The summed E-state index contributed by atoms with van der Waals surface area (Å²) in [7, 11) is 4.07. The molecule has 0 saturated carbocycles. The zero-order valence-electron chi connectivity index (χ0n) is 12.4. The van der Waals surface area contributed by atoms with E-state index in [0.29, 0.717) is 6.54 Å². The van der Waals surface area contributed by atoms with Crippen molar-refractivity contribution in [1.82, 2.24) is 9.78 Å². The van der Waals surface area contributed by atoms with Crippen molar-refractivity contribution in [3.8, 4) is 0 Å². The third kappa shape index (κ3) is 2.90. The fourth-order valence-electron chi connectivity index (χ4n) is 2.23. The molecule has 2 rings (SSSR count). The topological polar surface area (TPSA) is 33.1 Å². The summed E-state index contributed by atoms with van der Waals surface area (Å²) >= 11 is 6.33. The van der Waals surface area contributed by atoms with Crippen molar-refractivity contribution in [2.24, 2.45) is 0 Å². The van der Waals surface area contributed by atoms with Gasteiger partial charge in [0.15, 0.2) is 0 Å². The van der Waals surface area contributed by atoms with Crippen LogP contribution in [0.15, 0.2) is 24.3 Å². The van der Waals surface area contributed by atoms with Crippen LogP contribution in [-0.2, 0) is 13.1 Å². The molecule has 0 fully saturated rings. The van der Waals surface area contributed by atoms with Crippen molar-refractivity contribution < 1.29 is 0 Å². The lowest BCUT2D eigenvalue weighted by molar-refractivity contribution is 0.623. The molecule has 0 amide bonds. The molecule has 0 bridgehead atoms. The van der Waals surface area contributed by atoms with Gasteiger partial charge in [0, 0.05) is 20.6 Å². The van der Waals surface area contributed by atoms with Crippen molar-refractivity contribution in [3.05, 3.63) is 40.7 Å². The zero-order chi connectivity index (χ0) is 14.7. The van der Waals surface area contributed by atoms with E-state index in [4.69, 9.17) is 11.6 Å².